The third-order valence-corrected chi connectivity index (χ3v) is 16.9. The fraction of sp³-hybridized carbons (Fsp3) is 0.0986. The SMILES string of the molecule is CC1(C)c2ccccc2-c2ccc(N(c3ccc(N(c4ccc(-c5ccccc5)cc4)c4ccc(-c5ccccc5)cc4)cc3)c3cccc4c3-c3ccccc3C43c4ccccc4C4=CC=CCC43C)cc21. The molecule has 0 aliphatic heterocycles. The Hall–Kier alpha value is -8.72. The first-order chi connectivity index (χ1) is 35.8. The van der Waals surface area contributed by atoms with Gasteiger partial charge in [-0.25, -0.2) is 0 Å². The molecule has 0 saturated heterocycles. The summed E-state index contributed by atoms with van der Waals surface area (Å²) in [5.74, 6) is 0. The highest BCUT2D eigenvalue weighted by atomic mass is 15.2. The molecule has 0 aromatic heterocycles. The second-order valence-electron chi connectivity index (χ2n) is 21.0. The van der Waals surface area contributed by atoms with Crippen LogP contribution in [0.1, 0.15) is 60.6 Å². The Morgan fingerprint density at radius 3 is 1.41 bits per heavy atom. The summed E-state index contributed by atoms with van der Waals surface area (Å²) in [6.07, 6.45) is 8.00. The number of hydrogen-bond donors (Lipinski definition) is 0. The molecule has 10 aromatic rings. The van der Waals surface area contributed by atoms with Gasteiger partial charge in [-0.05, 0) is 151 Å². The number of anilines is 6. The molecular weight excluding hydrogens is 881 g/mol. The van der Waals surface area contributed by atoms with Gasteiger partial charge in [-0.1, -0.05) is 215 Å². The van der Waals surface area contributed by atoms with Crippen molar-refractivity contribution in [2.24, 2.45) is 5.41 Å². The summed E-state index contributed by atoms with van der Waals surface area (Å²) in [7, 11) is 0. The minimum absolute atomic E-state index is 0.168. The first-order valence-corrected chi connectivity index (χ1v) is 25.8. The molecule has 0 fully saturated rings. The molecule has 14 rings (SSSR count). The zero-order chi connectivity index (χ0) is 48.9. The fourth-order valence-corrected chi connectivity index (χ4v) is 13.5. The summed E-state index contributed by atoms with van der Waals surface area (Å²) in [4.78, 5) is 4.93. The van der Waals surface area contributed by atoms with Gasteiger partial charge in [-0.15, -0.1) is 0 Å². The smallest absolute Gasteiger partial charge is 0.0567 e. The van der Waals surface area contributed by atoms with Crippen molar-refractivity contribution >= 4 is 39.7 Å². The number of nitrogens with zero attached hydrogens (tertiary/aromatic N) is 2. The van der Waals surface area contributed by atoms with Gasteiger partial charge in [0.2, 0.25) is 0 Å². The molecule has 4 aliphatic carbocycles. The summed E-state index contributed by atoms with van der Waals surface area (Å²) < 4.78 is 0. The van der Waals surface area contributed by atoms with Gasteiger partial charge in [0.05, 0.1) is 11.1 Å². The van der Waals surface area contributed by atoms with Gasteiger partial charge < -0.3 is 9.80 Å². The monoisotopic (exact) mass is 934 g/mol. The average Bonchev–Trinajstić information content (AvgIpc) is 4.01. The van der Waals surface area contributed by atoms with E-state index in [2.05, 4.69) is 291 Å². The number of fused-ring (bicyclic) bond motifs is 13. The lowest BCUT2D eigenvalue weighted by Crippen LogP contribution is -2.41. The Morgan fingerprint density at radius 1 is 0.342 bits per heavy atom. The van der Waals surface area contributed by atoms with Gasteiger partial charge >= 0.3 is 0 Å². The topological polar surface area (TPSA) is 6.48 Å². The number of rotatable bonds is 8. The molecule has 0 saturated carbocycles. The van der Waals surface area contributed by atoms with Crippen molar-refractivity contribution < 1.29 is 0 Å². The summed E-state index contributed by atoms with van der Waals surface area (Å²) in [6.45, 7) is 7.29. The van der Waals surface area contributed by atoms with Crippen molar-refractivity contribution in [2.45, 2.75) is 38.0 Å². The van der Waals surface area contributed by atoms with Crippen LogP contribution in [0.25, 0.3) is 50.1 Å². The predicted molar refractivity (Wildman–Crippen MR) is 306 cm³/mol. The average molecular weight is 935 g/mol. The lowest BCUT2D eigenvalue weighted by molar-refractivity contribution is 0.327. The molecule has 4 aliphatic rings. The Labute approximate surface area is 429 Å². The molecule has 0 amide bonds. The molecule has 10 aromatic carbocycles. The van der Waals surface area contributed by atoms with E-state index in [1.165, 1.54) is 89.1 Å². The molecule has 348 valence electrons. The Balaban J connectivity index is 0.959. The van der Waals surface area contributed by atoms with Gasteiger partial charge in [0.1, 0.15) is 0 Å². The van der Waals surface area contributed by atoms with Gasteiger partial charge in [-0.2, -0.15) is 0 Å². The van der Waals surface area contributed by atoms with E-state index in [1.807, 2.05) is 0 Å². The molecule has 1 spiro atoms. The second kappa shape index (κ2) is 16.4. The van der Waals surface area contributed by atoms with Gasteiger partial charge in [0.25, 0.3) is 0 Å². The van der Waals surface area contributed by atoms with E-state index in [9.17, 15) is 0 Å². The molecule has 0 N–H and O–H groups in total. The summed E-state index contributed by atoms with van der Waals surface area (Å²) in [6, 6.07) is 90.4. The first-order valence-electron chi connectivity index (χ1n) is 25.8. The predicted octanol–water partition coefficient (Wildman–Crippen LogP) is 18.9. The van der Waals surface area contributed by atoms with Crippen molar-refractivity contribution in [2.75, 3.05) is 9.80 Å². The molecular formula is C71H54N2. The molecule has 0 radical (unpaired) electrons. The van der Waals surface area contributed by atoms with Crippen LogP contribution in [0.3, 0.4) is 0 Å². The van der Waals surface area contributed by atoms with Crippen LogP contribution in [0.5, 0.6) is 0 Å². The van der Waals surface area contributed by atoms with Gasteiger partial charge in [0, 0.05) is 44.8 Å². The van der Waals surface area contributed by atoms with Crippen LogP contribution in [0, 0.1) is 5.41 Å². The van der Waals surface area contributed by atoms with Gasteiger partial charge in [0.15, 0.2) is 0 Å². The molecule has 2 unspecified atom stereocenters. The minimum atomic E-state index is -0.383. The lowest BCUT2D eigenvalue weighted by Gasteiger charge is -2.45. The van der Waals surface area contributed by atoms with Gasteiger partial charge in [-0.3, -0.25) is 0 Å². The maximum absolute atomic E-state index is 2.55. The van der Waals surface area contributed by atoms with E-state index in [4.69, 9.17) is 0 Å². The minimum Gasteiger partial charge on any atom is -0.311 e. The number of hydrogen-bond acceptors (Lipinski definition) is 2. The van der Waals surface area contributed by atoms with Crippen molar-refractivity contribution in [3.05, 3.63) is 294 Å². The van der Waals surface area contributed by atoms with Crippen LogP contribution in [0.4, 0.5) is 34.1 Å². The Morgan fingerprint density at radius 2 is 0.795 bits per heavy atom. The summed E-state index contributed by atoms with van der Waals surface area (Å²) in [5.41, 5.74) is 25.7. The van der Waals surface area contributed by atoms with E-state index in [-0.39, 0.29) is 16.2 Å². The standard InChI is InChI=1S/C71H54N2/c1-69(2)61-26-13-10-23-57(61)58-45-44-56(47-66(58)69)73(67-31-18-30-65-68(67)60-25-12-15-29-64(60)71(65)63-28-14-11-24-59(63)62-27-16-17-46-70(62,71)3)55-42-40-54(41-43-55)72(52-36-32-50(33-37-52)48-19-6-4-7-20-48)53-38-34-51(35-39-53)49-21-8-5-9-22-49/h4-45,47H,46H2,1-3H3. The third kappa shape index (κ3) is 6.30. The van der Waals surface area contributed by atoms with Crippen molar-refractivity contribution in [3.63, 3.8) is 0 Å². The van der Waals surface area contributed by atoms with Crippen LogP contribution < -0.4 is 9.80 Å². The Bertz CT molecular complexity index is 3760. The van der Waals surface area contributed by atoms with E-state index in [0.717, 1.165) is 34.9 Å². The number of allylic oxidation sites excluding steroid dienone is 4. The van der Waals surface area contributed by atoms with Crippen LogP contribution >= 0.6 is 0 Å². The van der Waals surface area contributed by atoms with Crippen LogP contribution in [0.15, 0.2) is 261 Å². The maximum atomic E-state index is 2.55. The highest BCUT2D eigenvalue weighted by molar-refractivity contribution is 6.01. The van der Waals surface area contributed by atoms with Crippen LogP contribution in [-0.2, 0) is 10.8 Å². The zero-order valence-corrected chi connectivity index (χ0v) is 41.4. The highest BCUT2D eigenvalue weighted by Crippen LogP contribution is 2.72. The van der Waals surface area contributed by atoms with Crippen LogP contribution in [-0.4, -0.2) is 0 Å². The molecule has 2 atom stereocenters. The molecule has 0 bridgehead atoms. The molecule has 2 nitrogen and oxygen atoms in total. The van der Waals surface area contributed by atoms with E-state index >= 15 is 0 Å². The second-order valence-corrected chi connectivity index (χ2v) is 21.0. The normalized spacial score (nSPS) is 18.0. The van der Waals surface area contributed by atoms with E-state index in [0.29, 0.717) is 0 Å². The largest absolute Gasteiger partial charge is 0.311 e. The lowest BCUT2D eigenvalue weighted by atomic mass is 9.56. The van der Waals surface area contributed by atoms with Crippen molar-refractivity contribution in [1.29, 1.82) is 0 Å². The maximum Gasteiger partial charge on any atom is 0.0567 e. The third-order valence-electron chi connectivity index (χ3n) is 16.9. The van der Waals surface area contributed by atoms with E-state index in [1.54, 1.807) is 0 Å². The van der Waals surface area contributed by atoms with Crippen LogP contribution in [0.2, 0.25) is 0 Å². The Kier molecular flexibility index (Phi) is 9.69. The summed E-state index contributed by atoms with van der Waals surface area (Å²) >= 11 is 0. The highest BCUT2D eigenvalue weighted by Gasteiger charge is 2.63. The zero-order valence-electron chi connectivity index (χ0n) is 41.4. The van der Waals surface area contributed by atoms with E-state index < -0.39 is 0 Å². The first kappa shape index (κ1) is 43.1. The fourth-order valence-electron chi connectivity index (χ4n) is 13.5. The van der Waals surface area contributed by atoms with Crippen molar-refractivity contribution in [3.8, 4) is 44.5 Å². The molecule has 0 heterocycles. The number of benzene rings is 10. The molecule has 73 heavy (non-hydrogen) atoms. The summed E-state index contributed by atoms with van der Waals surface area (Å²) in [5, 5.41) is 0. The van der Waals surface area contributed by atoms with Crippen molar-refractivity contribution in [1.82, 2.24) is 0 Å². The molecule has 2 heteroatoms. The quantitative estimate of drug-likeness (QED) is 0.150.